The third-order valence-electron chi connectivity index (χ3n) is 3.40. The van der Waals surface area contributed by atoms with Crippen molar-refractivity contribution in [1.82, 2.24) is 15.1 Å². The lowest BCUT2D eigenvalue weighted by atomic mass is 10.2. The molecule has 1 aromatic heterocycles. The van der Waals surface area contributed by atoms with Gasteiger partial charge in [-0.15, -0.1) is 0 Å². The monoisotopic (exact) mass is 294 g/mol. The highest BCUT2D eigenvalue weighted by molar-refractivity contribution is 5.95. The molecule has 0 bridgehead atoms. The maximum absolute atomic E-state index is 12.0. The number of hydrogen-bond donors (Lipinski definition) is 2. The lowest BCUT2D eigenvalue weighted by molar-refractivity contribution is -0.118. The number of amides is 2. The first-order valence-electron chi connectivity index (χ1n) is 7.22. The summed E-state index contributed by atoms with van der Waals surface area (Å²) in [6, 6.07) is 1.57. The third-order valence-corrected chi connectivity index (χ3v) is 3.40. The number of nitrogens with one attached hydrogen (secondary N) is 2. The Balaban J connectivity index is 1.93. The molecule has 1 fully saturated rings. The molecule has 0 aromatic carbocycles. The predicted octanol–water partition coefficient (Wildman–Crippen LogP) is 0.923. The van der Waals surface area contributed by atoms with Crippen molar-refractivity contribution in [3.05, 3.63) is 11.8 Å². The molecule has 0 aliphatic carbocycles. The number of anilines is 1. The fourth-order valence-electron chi connectivity index (χ4n) is 2.07. The molecule has 1 saturated heterocycles. The van der Waals surface area contributed by atoms with Gasteiger partial charge in [-0.2, -0.15) is 5.10 Å². The second-order valence-corrected chi connectivity index (χ2v) is 5.53. The van der Waals surface area contributed by atoms with E-state index in [-0.39, 0.29) is 29.5 Å². The Labute approximate surface area is 124 Å². The Morgan fingerprint density at radius 2 is 2.29 bits per heavy atom. The van der Waals surface area contributed by atoms with E-state index in [2.05, 4.69) is 15.7 Å². The lowest BCUT2D eigenvalue weighted by Crippen LogP contribution is -2.32. The van der Waals surface area contributed by atoms with Crippen molar-refractivity contribution in [2.75, 3.05) is 18.5 Å². The van der Waals surface area contributed by atoms with Crippen molar-refractivity contribution in [2.24, 2.45) is 13.0 Å². The summed E-state index contributed by atoms with van der Waals surface area (Å²) in [5, 5.41) is 9.66. The maximum atomic E-state index is 12.0. The largest absolute Gasteiger partial charge is 0.376 e. The SMILES string of the molecule is CC(C)C(=O)Nc1cc(C(=O)NCC2CCCO2)nn1C. The molecular weight excluding hydrogens is 272 g/mol. The third kappa shape index (κ3) is 4.04. The van der Waals surface area contributed by atoms with Crippen LogP contribution in [0.2, 0.25) is 0 Å². The first-order valence-corrected chi connectivity index (χ1v) is 7.22. The van der Waals surface area contributed by atoms with Crippen LogP contribution >= 0.6 is 0 Å². The van der Waals surface area contributed by atoms with E-state index in [0.29, 0.717) is 12.4 Å². The van der Waals surface area contributed by atoms with Crippen LogP contribution in [0.25, 0.3) is 0 Å². The molecule has 0 saturated carbocycles. The normalized spacial score (nSPS) is 18.0. The molecule has 7 heteroatoms. The molecule has 2 N–H and O–H groups in total. The van der Waals surface area contributed by atoms with Crippen LogP contribution in [-0.4, -0.2) is 40.9 Å². The van der Waals surface area contributed by atoms with Crippen molar-refractivity contribution in [3.8, 4) is 0 Å². The van der Waals surface area contributed by atoms with Crippen molar-refractivity contribution < 1.29 is 14.3 Å². The number of ether oxygens (including phenoxy) is 1. The zero-order chi connectivity index (χ0) is 15.4. The van der Waals surface area contributed by atoms with Gasteiger partial charge in [0.2, 0.25) is 5.91 Å². The molecule has 116 valence electrons. The summed E-state index contributed by atoms with van der Waals surface area (Å²) in [5.74, 6) is 0.0168. The molecule has 1 aliphatic rings. The van der Waals surface area contributed by atoms with Gasteiger partial charge in [0.25, 0.3) is 5.91 Å². The molecule has 1 aliphatic heterocycles. The molecule has 0 spiro atoms. The highest BCUT2D eigenvalue weighted by Crippen LogP contribution is 2.12. The smallest absolute Gasteiger partial charge is 0.271 e. The number of nitrogens with zero attached hydrogens (tertiary/aromatic N) is 2. The van der Waals surface area contributed by atoms with Gasteiger partial charge in [-0.1, -0.05) is 13.8 Å². The van der Waals surface area contributed by atoms with E-state index in [4.69, 9.17) is 4.74 Å². The van der Waals surface area contributed by atoms with Gasteiger partial charge in [0.15, 0.2) is 5.69 Å². The van der Waals surface area contributed by atoms with E-state index in [1.165, 1.54) is 4.68 Å². The van der Waals surface area contributed by atoms with Crippen molar-refractivity contribution in [1.29, 1.82) is 0 Å². The van der Waals surface area contributed by atoms with Crippen molar-refractivity contribution >= 4 is 17.6 Å². The minimum absolute atomic E-state index is 0.0952. The Kier molecular flexibility index (Phi) is 4.95. The molecule has 7 nitrogen and oxygen atoms in total. The summed E-state index contributed by atoms with van der Waals surface area (Å²) in [6.07, 6.45) is 2.10. The van der Waals surface area contributed by atoms with E-state index in [1.54, 1.807) is 27.0 Å². The fraction of sp³-hybridized carbons (Fsp3) is 0.643. The second-order valence-electron chi connectivity index (χ2n) is 5.53. The van der Waals surface area contributed by atoms with E-state index in [1.807, 2.05) is 0 Å². The van der Waals surface area contributed by atoms with Crippen LogP contribution in [0.5, 0.6) is 0 Å². The molecule has 2 rings (SSSR count). The second kappa shape index (κ2) is 6.71. The van der Waals surface area contributed by atoms with Gasteiger partial charge in [-0.3, -0.25) is 14.3 Å². The number of aromatic nitrogens is 2. The summed E-state index contributed by atoms with van der Waals surface area (Å²) < 4.78 is 6.94. The van der Waals surface area contributed by atoms with E-state index >= 15 is 0 Å². The number of carbonyl (C=O) groups excluding carboxylic acids is 2. The van der Waals surface area contributed by atoms with Gasteiger partial charge in [-0.25, -0.2) is 0 Å². The van der Waals surface area contributed by atoms with Crippen LogP contribution in [0.15, 0.2) is 6.07 Å². The first kappa shape index (κ1) is 15.5. The van der Waals surface area contributed by atoms with Crippen molar-refractivity contribution in [3.63, 3.8) is 0 Å². The van der Waals surface area contributed by atoms with Crippen LogP contribution in [0.3, 0.4) is 0 Å². The lowest BCUT2D eigenvalue weighted by Gasteiger charge is -2.09. The zero-order valence-corrected chi connectivity index (χ0v) is 12.7. The minimum atomic E-state index is -0.258. The topological polar surface area (TPSA) is 85.2 Å². The summed E-state index contributed by atoms with van der Waals surface area (Å²) in [5.41, 5.74) is 0.287. The number of carbonyl (C=O) groups is 2. The fourth-order valence-corrected chi connectivity index (χ4v) is 2.07. The first-order chi connectivity index (χ1) is 9.97. The van der Waals surface area contributed by atoms with Crippen LogP contribution in [-0.2, 0) is 16.6 Å². The minimum Gasteiger partial charge on any atom is -0.376 e. The van der Waals surface area contributed by atoms with Gasteiger partial charge < -0.3 is 15.4 Å². The molecule has 21 heavy (non-hydrogen) atoms. The average molecular weight is 294 g/mol. The van der Waals surface area contributed by atoms with E-state index in [0.717, 1.165) is 19.4 Å². The summed E-state index contributed by atoms with van der Waals surface area (Å²) in [7, 11) is 1.69. The predicted molar refractivity (Wildman–Crippen MR) is 78.0 cm³/mol. The number of aryl methyl sites for hydroxylation is 1. The van der Waals surface area contributed by atoms with Crippen molar-refractivity contribution in [2.45, 2.75) is 32.8 Å². The summed E-state index contributed by atoms with van der Waals surface area (Å²) in [6.45, 7) is 4.86. The number of rotatable bonds is 5. The van der Waals surface area contributed by atoms with Gasteiger partial charge in [-0.05, 0) is 12.8 Å². The van der Waals surface area contributed by atoms with Gasteiger partial charge in [0.05, 0.1) is 6.10 Å². The Bertz CT molecular complexity index is 518. The standard InChI is InChI=1S/C14H22N4O3/c1-9(2)13(19)16-12-7-11(17-18(12)3)14(20)15-8-10-5-4-6-21-10/h7,9-10H,4-6,8H2,1-3H3,(H,15,20)(H,16,19). The van der Waals surface area contributed by atoms with Gasteiger partial charge in [0, 0.05) is 32.2 Å². The van der Waals surface area contributed by atoms with Crippen LogP contribution < -0.4 is 10.6 Å². The molecule has 0 radical (unpaired) electrons. The molecular formula is C14H22N4O3. The van der Waals surface area contributed by atoms with E-state index < -0.39 is 0 Å². The molecule has 1 unspecified atom stereocenters. The van der Waals surface area contributed by atoms with Gasteiger partial charge >= 0.3 is 0 Å². The maximum Gasteiger partial charge on any atom is 0.271 e. The highest BCUT2D eigenvalue weighted by atomic mass is 16.5. The molecule has 1 atom stereocenters. The van der Waals surface area contributed by atoms with Crippen LogP contribution in [0.4, 0.5) is 5.82 Å². The Hall–Kier alpha value is -1.89. The summed E-state index contributed by atoms with van der Waals surface area (Å²) in [4.78, 5) is 23.7. The van der Waals surface area contributed by atoms with Crippen LogP contribution in [0, 0.1) is 5.92 Å². The van der Waals surface area contributed by atoms with Crippen LogP contribution in [0.1, 0.15) is 37.2 Å². The quantitative estimate of drug-likeness (QED) is 0.845. The average Bonchev–Trinajstić information content (AvgIpc) is 3.06. The Morgan fingerprint density at radius 3 is 2.90 bits per heavy atom. The zero-order valence-electron chi connectivity index (χ0n) is 12.7. The molecule has 2 amide bonds. The van der Waals surface area contributed by atoms with E-state index in [9.17, 15) is 9.59 Å². The highest BCUT2D eigenvalue weighted by Gasteiger charge is 2.19. The Morgan fingerprint density at radius 1 is 1.52 bits per heavy atom. The molecule has 2 heterocycles. The molecule has 1 aromatic rings. The summed E-state index contributed by atoms with van der Waals surface area (Å²) >= 11 is 0. The number of hydrogen-bond acceptors (Lipinski definition) is 4. The van der Waals surface area contributed by atoms with Gasteiger partial charge in [0.1, 0.15) is 5.82 Å².